The first kappa shape index (κ1) is 17.2. The van der Waals surface area contributed by atoms with Crippen LogP contribution in [0.15, 0.2) is 24.3 Å². The molecule has 126 valence electrons. The van der Waals surface area contributed by atoms with E-state index in [2.05, 4.69) is 10.6 Å². The first-order valence-electron chi connectivity index (χ1n) is 7.70. The number of benzene rings is 1. The largest absolute Gasteiger partial charge is 0.338 e. The van der Waals surface area contributed by atoms with Crippen molar-refractivity contribution in [3.63, 3.8) is 0 Å². The van der Waals surface area contributed by atoms with Crippen molar-refractivity contribution in [1.29, 1.82) is 0 Å². The lowest BCUT2D eigenvalue weighted by molar-refractivity contribution is -0.117. The van der Waals surface area contributed by atoms with Gasteiger partial charge in [0.2, 0.25) is 5.91 Å². The molecular formula is C16H23FN4O2. The van der Waals surface area contributed by atoms with Crippen molar-refractivity contribution in [2.45, 2.75) is 18.9 Å². The average molecular weight is 322 g/mol. The van der Waals surface area contributed by atoms with Gasteiger partial charge >= 0.3 is 6.03 Å². The summed E-state index contributed by atoms with van der Waals surface area (Å²) >= 11 is 0. The van der Waals surface area contributed by atoms with Gasteiger partial charge in [-0.1, -0.05) is 6.07 Å². The van der Waals surface area contributed by atoms with Crippen molar-refractivity contribution in [3.05, 3.63) is 30.1 Å². The van der Waals surface area contributed by atoms with Crippen molar-refractivity contribution in [3.8, 4) is 0 Å². The highest BCUT2D eigenvalue weighted by atomic mass is 19.1. The molecule has 1 aliphatic rings. The smallest absolute Gasteiger partial charge is 0.315 e. The van der Waals surface area contributed by atoms with Crippen molar-refractivity contribution >= 4 is 17.6 Å². The van der Waals surface area contributed by atoms with E-state index in [9.17, 15) is 14.0 Å². The van der Waals surface area contributed by atoms with Gasteiger partial charge in [0.05, 0.1) is 6.04 Å². The molecule has 0 spiro atoms. The minimum absolute atomic E-state index is 0.117. The summed E-state index contributed by atoms with van der Waals surface area (Å²) in [7, 11) is 3.95. The quantitative estimate of drug-likeness (QED) is 0.773. The van der Waals surface area contributed by atoms with Crippen LogP contribution in [0, 0.1) is 5.82 Å². The minimum Gasteiger partial charge on any atom is -0.338 e. The first-order chi connectivity index (χ1) is 11.0. The fraction of sp³-hybridized carbons (Fsp3) is 0.500. The molecule has 0 bridgehead atoms. The Morgan fingerprint density at radius 3 is 2.91 bits per heavy atom. The van der Waals surface area contributed by atoms with Gasteiger partial charge in [0.15, 0.2) is 0 Å². The van der Waals surface area contributed by atoms with E-state index in [1.165, 1.54) is 17.0 Å². The molecule has 1 atom stereocenters. The number of amides is 3. The molecule has 1 unspecified atom stereocenters. The van der Waals surface area contributed by atoms with Crippen molar-refractivity contribution in [1.82, 2.24) is 15.5 Å². The number of carbonyl (C=O) groups is 2. The molecule has 1 aliphatic heterocycles. The summed E-state index contributed by atoms with van der Waals surface area (Å²) in [5.41, 5.74) is 0.519. The van der Waals surface area contributed by atoms with E-state index in [1.54, 1.807) is 12.1 Å². The molecule has 1 aromatic carbocycles. The highest BCUT2D eigenvalue weighted by molar-refractivity contribution is 5.96. The summed E-state index contributed by atoms with van der Waals surface area (Å²) in [4.78, 5) is 27.4. The van der Waals surface area contributed by atoms with Crippen molar-refractivity contribution in [2.24, 2.45) is 0 Å². The molecule has 1 fully saturated rings. The van der Waals surface area contributed by atoms with Crippen LogP contribution in [-0.4, -0.2) is 56.6 Å². The Bertz CT molecular complexity index is 565. The Morgan fingerprint density at radius 1 is 1.43 bits per heavy atom. The van der Waals surface area contributed by atoms with E-state index >= 15 is 0 Å². The van der Waals surface area contributed by atoms with Crippen LogP contribution in [0.1, 0.15) is 12.8 Å². The van der Waals surface area contributed by atoms with Crippen LogP contribution in [0.25, 0.3) is 0 Å². The first-order valence-corrected chi connectivity index (χ1v) is 7.70. The predicted molar refractivity (Wildman–Crippen MR) is 86.9 cm³/mol. The molecule has 2 rings (SSSR count). The highest BCUT2D eigenvalue weighted by Crippen LogP contribution is 2.22. The van der Waals surface area contributed by atoms with Crippen LogP contribution >= 0.6 is 0 Å². The lowest BCUT2D eigenvalue weighted by atomic mass is 10.2. The van der Waals surface area contributed by atoms with Gasteiger partial charge in [-0.25, -0.2) is 9.18 Å². The summed E-state index contributed by atoms with van der Waals surface area (Å²) in [6, 6.07) is 5.37. The van der Waals surface area contributed by atoms with E-state index in [4.69, 9.17) is 0 Å². The Kier molecular flexibility index (Phi) is 5.92. The summed E-state index contributed by atoms with van der Waals surface area (Å²) in [6.45, 7) is 1.83. The number of rotatable bonds is 6. The Labute approximate surface area is 135 Å². The molecule has 2 N–H and O–H groups in total. The molecular weight excluding hydrogens is 299 g/mol. The fourth-order valence-corrected chi connectivity index (χ4v) is 2.53. The van der Waals surface area contributed by atoms with Crippen LogP contribution < -0.4 is 15.5 Å². The van der Waals surface area contributed by atoms with E-state index in [0.29, 0.717) is 18.8 Å². The number of carbonyl (C=O) groups excluding carboxylic acids is 2. The molecule has 3 amide bonds. The maximum atomic E-state index is 13.3. The predicted octanol–water partition coefficient (Wildman–Crippen LogP) is 1.18. The van der Waals surface area contributed by atoms with Gasteiger partial charge in [0.1, 0.15) is 5.82 Å². The van der Waals surface area contributed by atoms with Crippen molar-refractivity contribution in [2.75, 3.05) is 38.6 Å². The number of urea groups is 1. The van der Waals surface area contributed by atoms with Crippen LogP contribution in [0.3, 0.4) is 0 Å². The number of nitrogens with one attached hydrogen (secondary N) is 2. The summed E-state index contributed by atoms with van der Waals surface area (Å²) in [5, 5.41) is 5.57. The summed E-state index contributed by atoms with van der Waals surface area (Å²) in [6.07, 6.45) is 1.08. The molecule has 1 aromatic rings. The Balaban J connectivity index is 1.80. The van der Waals surface area contributed by atoms with Gasteiger partial charge < -0.3 is 20.4 Å². The normalized spacial score (nSPS) is 17.7. The fourth-order valence-electron chi connectivity index (χ4n) is 2.53. The second-order valence-electron chi connectivity index (χ2n) is 5.94. The average Bonchev–Trinajstić information content (AvgIpc) is 2.84. The maximum absolute atomic E-state index is 13.3. The van der Waals surface area contributed by atoms with Crippen LogP contribution in [-0.2, 0) is 4.79 Å². The summed E-state index contributed by atoms with van der Waals surface area (Å²) in [5.74, 6) is -0.501. The third-order valence-electron chi connectivity index (χ3n) is 3.65. The monoisotopic (exact) mass is 322 g/mol. The van der Waals surface area contributed by atoms with E-state index in [-0.39, 0.29) is 30.2 Å². The third-order valence-corrected chi connectivity index (χ3v) is 3.65. The standard InChI is InChI=1S/C16H23FN4O2/c1-20(2)8-4-7-18-16(23)19-13-10-15(22)21(11-13)14-6-3-5-12(17)9-14/h3,5-6,9,13H,4,7-8,10-11H2,1-2H3,(H2,18,19,23). The van der Waals surface area contributed by atoms with E-state index in [0.717, 1.165) is 13.0 Å². The lowest BCUT2D eigenvalue weighted by Gasteiger charge is -2.17. The molecule has 1 saturated heterocycles. The maximum Gasteiger partial charge on any atom is 0.315 e. The Hall–Kier alpha value is -2.15. The van der Waals surface area contributed by atoms with Crippen LogP contribution in [0.5, 0.6) is 0 Å². The lowest BCUT2D eigenvalue weighted by Crippen LogP contribution is -2.44. The zero-order chi connectivity index (χ0) is 16.8. The topological polar surface area (TPSA) is 64.7 Å². The van der Waals surface area contributed by atoms with Crippen molar-refractivity contribution < 1.29 is 14.0 Å². The number of hydrogen-bond donors (Lipinski definition) is 2. The van der Waals surface area contributed by atoms with Gasteiger partial charge in [-0.05, 0) is 45.3 Å². The molecule has 0 saturated carbocycles. The van der Waals surface area contributed by atoms with E-state index < -0.39 is 0 Å². The molecule has 6 nitrogen and oxygen atoms in total. The number of anilines is 1. The third kappa shape index (κ3) is 5.21. The zero-order valence-corrected chi connectivity index (χ0v) is 13.5. The molecule has 0 radical (unpaired) electrons. The number of hydrogen-bond acceptors (Lipinski definition) is 3. The SMILES string of the molecule is CN(C)CCCNC(=O)NC1CC(=O)N(c2cccc(F)c2)C1. The van der Waals surface area contributed by atoms with Gasteiger partial charge in [-0.3, -0.25) is 4.79 Å². The second kappa shape index (κ2) is 7.92. The highest BCUT2D eigenvalue weighted by Gasteiger charge is 2.31. The van der Waals surface area contributed by atoms with Crippen LogP contribution in [0.2, 0.25) is 0 Å². The second-order valence-corrected chi connectivity index (χ2v) is 5.94. The van der Waals surface area contributed by atoms with Gasteiger partial charge in [-0.2, -0.15) is 0 Å². The molecule has 23 heavy (non-hydrogen) atoms. The molecule has 7 heteroatoms. The Morgan fingerprint density at radius 2 is 2.22 bits per heavy atom. The number of nitrogens with zero attached hydrogens (tertiary/aromatic N) is 2. The number of halogens is 1. The zero-order valence-electron chi connectivity index (χ0n) is 13.5. The molecule has 0 aliphatic carbocycles. The van der Waals surface area contributed by atoms with Gasteiger partial charge in [0.25, 0.3) is 0 Å². The minimum atomic E-state index is -0.384. The van der Waals surface area contributed by atoms with E-state index in [1.807, 2.05) is 19.0 Å². The van der Waals surface area contributed by atoms with Gasteiger partial charge in [0, 0.05) is 25.2 Å². The molecule has 0 aromatic heterocycles. The summed E-state index contributed by atoms with van der Waals surface area (Å²) < 4.78 is 13.3. The molecule has 1 heterocycles. The van der Waals surface area contributed by atoms with Gasteiger partial charge in [-0.15, -0.1) is 0 Å². The van der Waals surface area contributed by atoms with Crippen LogP contribution in [0.4, 0.5) is 14.9 Å².